The Hall–Kier alpha value is -0.630. The fraction of sp³-hybridized carbons (Fsp3) is 0.600. The third kappa shape index (κ3) is 3.67. The molecular weight excluding hydrogens is 226 g/mol. The van der Waals surface area contributed by atoms with Crippen molar-refractivity contribution >= 4 is 18.3 Å². The van der Waals surface area contributed by atoms with Crippen LogP contribution < -0.4 is 4.90 Å². The quantitative estimate of drug-likeness (QED) is 0.709. The van der Waals surface area contributed by atoms with Crippen molar-refractivity contribution in [1.82, 2.24) is 0 Å². The van der Waals surface area contributed by atoms with E-state index in [1.54, 1.807) is 0 Å². The van der Waals surface area contributed by atoms with Crippen molar-refractivity contribution in [3.05, 3.63) is 30.3 Å². The number of hydrogen-bond donors (Lipinski definition) is 1. The van der Waals surface area contributed by atoms with Crippen LogP contribution in [-0.4, -0.2) is 18.8 Å². The van der Waals surface area contributed by atoms with Gasteiger partial charge in [0.1, 0.15) is 0 Å². The second kappa shape index (κ2) is 6.95. The second-order valence-corrected chi connectivity index (χ2v) is 5.03. The van der Waals surface area contributed by atoms with Crippen LogP contribution in [0.2, 0.25) is 0 Å². The largest absolute Gasteiger partial charge is 0.371 e. The maximum absolute atomic E-state index is 4.56. The van der Waals surface area contributed by atoms with Gasteiger partial charge in [-0.05, 0) is 43.1 Å². The van der Waals surface area contributed by atoms with Gasteiger partial charge in [-0.3, -0.25) is 0 Å². The molecule has 0 bridgehead atoms. The van der Waals surface area contributed by atoms with Crippen molar-refractivity contribution in [2.75, 3.05) is 23.7 Å². The molecule has 17 heavy (non-hydrogen) atoms. The molecule has 0 N–H and O–H groups in total. The first-order valence-electron chi connectivity index (χ1n) is 6.62. The summed E-state index contributed by atoms with van der Waals surface area (Å²) in [6.07, 6.45) is 2.38. The number of anilines is 1. The number of hydrogen-bond acceptors (Lipinski definition) is 2. The minimum absolute atomic E-state index is 0.342. The third-order valence-corrected chi connectivity index (χ3v) is 4.54. The van der Waals surface area contributed by atoms with Gasteiger partial charge in [-0.15, -0.1) is 0 Å². The highest BCUT2D eigenvalue weighted by Crippen LogP contribution is 2.30. The van der Waals surface area contributed by atoms with Gasteiger partial charge in [0.2, 0.25) is 0 Å². The van der Waals surface area contributed by atoms with E-state index in [0.717, 1.165) is 18.8 Å². The molecule has 0 atom stereocenters. The van der Waals surface area contributed by atoms with Crippen LogP contribution in [0.3, 0.4) is 0 Å². The van der Waals surface area contributed by atoms with Crippen LogP contribution in [0.5, 0.6) is 0 Å². The van der Waals surface area contributed by atoms with Crippen LogP contribution in [0.1, 0.15) is 33.6 Å². The van der Waals surface area contributed by atoms with Gasteiger partial charge in [-0.1, -0.05) is 32.0 Å². The predicted octanol–water partition coefficient (Wildman–Crippen LogP) is 4.25. The second-order valence-electron chi connectivity index (χ2n) is 4.71. The lowest BCUT2D eigenvalue weighted by molar-refractivity contribution is 0.311. The summed E-state index contributed by atoms with van der Waals surface area (Å²) in [5.74, 6) is 0.962. The molecule has 2 heteroatoms. The van der Waals surface area contributed by atoms with Gasteiger partial charge in [-0.25, -0.2) is 0 Å². The monoisotopic (exact) mass is 251 g/mol. The van der Waals surface area contributed by atoms with E-state index in [2.05, 4.69) is 68.6 Å². The highest BCUT2D eigenvalue weighted by atomic mass is 32.1. The van der Waals surface area contributed by atoms with Gasteiger partial charge in [0.05, 0.1) is 0 Å². The molecule has 1 aromatic rings. The fourth-order valence-corrected chi connectivity index (χ4v) is 2.72. The molecule has 0 spiro atoms. The first-order valence-corrected chi connectivity index (χ1v) is 7.25. The SMILES string of the molecule is CCN(CC(CC)(CC)CS)c1ccccc1. The van der Waals surface area contributed by atoms with Crippen molar-refractivity contribution in [2.45, 2.75) is 33.6 Å². The summed E-state index contributed by atoms with van der Waals surface area (Å²) in [7, 11) is 0. The van der Waals surface area contributed by atoms with E-state index in [1.807, 2.05) is 0 Å². The van der Waals surface area contributed by atoms with Crippen molar-refractivity contribution in [3.8, 4) is 0 Å². The molecule has 0 unspecified atom stereocenters. The van der Waals surface area contributed by atoms with E-state index in [0.29, 0.717) is 5.41 Å². The zero-order valence-corrected chi connectivity index (χ0v) is 12.2. The summed E-state index contributed by atoms with van der Waals surface area (Å²) in [6.45, 7) is 8.93. The van der Waals surface area contributed by atoms with E-state index >= 15 is 0 Å². The number of rotatable bonds is 7. The summed E-state index contributed by atoms with van der Waals surface area (Å²) in [4.78, 5) is 2.46. The maximum atomic E-state index is 4.56. The van der Waals surface area contributed by atoms with Crippen LogP contribution in [-0.2, 0) is 0 Å². The van der Waals surface area contributed by atoms with Gasteiger partial charge in [0.25, 0.3) is 0 Å². The average molecular weight is 251 g/mol. The third-order valence-electron chi connectivity index (χ3n) is 3.86. The minimum atomic E-state index is 0.342. The van der Waals surface area contributed by atoms with E-state index in [-0.39, 0.29) is 0 Å². The zero-order chi connectivity index (χ0) is 12.7. The molecular formula is C15H25NS. The van der Waals surface area contributed by atoms with Crippen molar-refractivity contribution in [2.24, 2.45) is 5.41 Å². The molecule has 1 nitrogen and oxygen atoms in total. The maximum Gasteiger partial charge on any atom is 0.0366 e. The molecule has 1 aromatic carbocycles. The number of nitrogens with zero attached hydrogens (tertiary/aromatic N) is 1. The fourth-order valence-electron chi connectivity index (χ4n) is 2.18. The first kappa shape index (κ1) is 14.4. The van der Waals surface area contributed by atoms with Crippen LogP contribution in [0.4, 0.5) is 5.69 Å². The Labute approximate surface area is 112 Å². The Bertz CT molecular complexity index is 298. The summed E-state index contributed by atoms with van der Waals surface area (Å²) in [5.41, 5.74) is 1.66. The zero-order valence-electron chi connectivity index (χ0n) is 11.3. The highest BCUT2D eigenvalue weighted by Gasteiger charge is 2.26. The lowest BCUT2D eigenvalue weighted by Gasteiger charge is -2.37. The van der Waals surface area contributed by atoms with E-state index in [1.165, 1.54) is 18.5 Å². The van der Waals surface area contributed by atoms with Crippen LogP contribution in [0.15, 0.2) is 30.3 Å². The topological polar surface area (TPSA) is 3.24 Å². The first-order chi connectivity index (χ1) is 8.21. The standard InChI is InChI=1S/C15H25NS/c1-4-15(5-2,13-17)12-16(6-3)14-10-8-7-9-11-14/h7-11,17H,4-6,12-13H2,1-3H3. The van der Waals surface area contributed by atoms with E-state index in [4.69, 9.17) is 0 Å². The van der Waals surface area contributed by atoms with Gasteiger partial charge in [0, 0.05) is 18.8 Å². The molecule has 0 amide bonds. The molecule has 0 aliphatic heterocycles. The van der Waals surface area contributed by atoms with Crippen molar-refractivity contribution in [3.63, 3.8) is 0 Å². The summed E-state index contributed by atoms with van der Waals surface area (Å²) in [5, 5.41) is 0. The van der Waals surface area contributed by atoms with Gasteiger partial charge in [-0.2, -0.15) is 12.6 Å². The van der Waals surface area contributed by atoms with Crippen LogP contribution in [0.25, 0.3) is 0 Å². The Kier molecular flexibility index (Phi) is 5.90. The molecule has 0 fully saturated rings. The lowest BCUT2D eigenvalue weighted by atomic mass is 9.83. The minimum Gasteiger partial charge on any atom is -0.371 e. The molecule has 0 saturated carbocycles. The Morgan fingerprint density at radius 1 is 1.06 bits per heavy atom. The number of benzene rings is 1. The van der Waals surface area contributed by atoms with Crippen LogP contribution >= 0.6 is 12.6 Å². The molecule has 0 aliphatic rings. The van der Waals surface area contributed by atoms with E-state index < -0.39 is 0 Å². The Morgan fingerprint density at radius 2 is 1.65 bits per heavy atom. The van der Waals surface area contributed by atoms with Crippen molar-refractivity contribution < 1.29 is 0 Å². The summed E-state index contributed by atoms with van der Waals surface area (Å²) < 4.78 is 0. The predicted molar refractivity (Wildman–Crippen MR) is 81.2 cm³/mol. The smallest absolute Gasteiger partial charge is 0.0366 e. The molecule has 0 radical (unpaired) electrons. The average Bonchev–Trinajstić information content (AvgIpc) is 2.42. The molecule has 0 heterocycles. The highest BCUT2D eigenvalue weighted by molar-refractivity contribution is 7.80. The summed E-state index contributed by atoms with van der Waals surface area (Å²) in [6, 6.07) is 10.7. The Balaban J connectivity index is 2.82. The Morgan fingerprint density at radius 3 is 2.06 bits per heavy atom. The number of para-hydroxylation sites is 1. The van der Waals surface area contributed by atoms with Gasteiger partial charge in [0.15, 0.2) is 0 Å². The lowest BCUT2D eigenvalue weighted by Crippen LogP contribution is -2.38. The van der Waals surface area contributed by atoms with E-state index in [9.17, 15) is 0 Å². The number of thiol groups is 1. The molecule has 0 aromatic heterocycles. The van der Waals surface area contributed by atoms with Gasteiger partial charge >= 0.3 is 0 Å². The molecule has 0 saturated heterocycles. The van der Waals surface area contributed by atoms with Crippen LogP contribution in [0, 0.1) is 5.41 Å². The van der Waals surface area contributed by atoms with Gasteiger partial charge < -0.3 is 4.90 Å². The van der Waals surface area contributed by atoms with Crippen molar-refractivity contribution in [1.29, 1.82) is 0 Å². The molecule has 96 valence electrons. The molecule has 1 rings (SSSR count). The summed E-state index contributed by atoms with van der Waals surface area (Å²) >= 11 is 4.56. The normalized spacial score (nSPS) is 11.5. The molecule has 0 aliphatic carbocycles.